The predicted octanol–water partition coefficient (Wildman–Crippen LogP) is 3.41. The third-order valence-electron chi connectivity index (χ3n) is 5.00. The Morgan fingerprint density at radius 2 is 2.00 bits per heavy atom. The first-order valence-corrected chi connectivity index (χ1v) is 9.20. The van der Waals surface area contributed by atoms with Crippen molar-refractivity contribution in [3.63, 3.8) is 0 Å². The van der Waals surface area contributed by atoms with E-state index in [2.05, 4.69) is 29.6 Å². The smallest absolute Gasteiger partial charge is 0.336 e. The lowest BCUT2D eigenvalue weighted by atomic mass is 9.83. The molecule has 0 bridgehead atoms. The minimum atomic E-state index is -0.412. The van der Waals surface area contributed by atoms with Crippen molar-refractivity contribution in [2.45, 2.75) is 25.2 Å². The van der Waals surface area contributed by atoms with Crippen LogP contribution in [0.1, 0.15) is 29.9 Å². The summed E-state index contributed by atoms with van der Waals surface area (Å²) in [5.41, 5.74) is 2.76. The van der Waals surface area contributed by atoms with Crippen LogP contribution in [0, 0.1) is 0 Å². The van der Waals surface area contributed by atoms with Crippen molar-refractivity contribution in [1.82, 2.24) is 5.32 Å². The largest absolute Gasteiger partial charge is 0.484 e. The average Bonchev–Trinajstić information content (AvgIpc) is 2.70. The second-order valence-electron chi connectivity index (χ2n) is 6.83. The lowest BCUT2D eigenvalue weighted by Gasteiger charge is -2.25. The fourth-order valence-electron chi connectivity index (χ4n) is 3.63. The van der Waals surface area contributed by atoms with Gasteiger partial charge < -0.3 is 14.5 Å². The third-order valence-corrected chi connectivity index (χ3v) is 5.00. The van der Waals surface area contributed by atoms with Gasteiger partial charge in [-0.2, -0.15) is 0 Å². The molecule has 0 saturated carbocycles. The van der Waals surface area contributed by atoms with Gasteiger partial charge in [0.25, 0.3) is 5.91 Å². The summed E-state index contributed by atoms with van der Waals surface area (Å²) in [5.74, 6) is 0.691. The molecule has 0 radical (unpaired) electrons. The first-order valence-electron chi connectivity index (χ1n) is 9.20. The molecule has 5 heteroatoms. The van der Waals surface area contributed by atoms with E-state index >= 15 is 0 Å². The maximum atomic E-state index is 12.2. The third kappa shape index (κ3) is 4.03. The molecule has 1 aromatic heterocycles. The van der Waals surface area contributed by atoms with E-state index in [-0.39, 0.29) is 12.5 Å². The van der Waals surface area contributed by atoms with Crippen molar-refractivity contribution >= 4 is 16.9 Å². The van der Waals surface area contributed by atoms with Crippen molar-refractivity contribution < 1.29 is 13.9 Å². The topological polar surface area (TPSA) is 68.5 Å². The molecule has 1 amide bonds. The van der Waals surface area contributed by atoms with Gasteiger partial charge in [0, 0.05) is 30.0 Å². The summed E-state index contributed by atoms with van der Waals surface area (Å²) in [5, 5.41) is 3.78. The Hall–Kier alpha value is -3.08. The van der Waals surface area contributed by atoms with E-state index in [1.807, 2.05) is 0 Å². The SMILES string of the molecule is O=C(COc1ccc2ccc(=O)oc2c1)NCC1CCCc2ccccc21. The van der Waals surface area contributed by atoms with Gasteiger partial charge >= 0.3 is 5.63 Å². The molecule has 1 atom stereocenters. The summed E-state index contributed by atoms with van der Waals surface area (Å²) < 4.78 is 10.7. The highest BCUT2D eigenvalue weighted by Gasteiger charge is 2.20. The quantitative estimate of drug-likeness (QED) is 0.706. The Labute approximate surface area is 157 Å². The van der Waals surface area contributed by atoms with E-state index in [1.54, 1.807) is 24.3 Å². The van der Waals surface area contributed by atoms with Gasteiger partial charge in [-0.15, -0.1) is 0 Å². The van der Waals surface area contributed by atoms with Crippen LogP contribution in [-0.2, 0) is 11.2 Å². The van der Waals surface area contributed by atoms with E-state index in [4.69, 9.17) is 9.15 Å². The van der Waals surface area contributed by atoms with Crippen molar-refractivity contribution in [2.24, 2.45) is 0 Å². The van der Waals surface area contributed by atoms with Gasteiger partial charge in [-0.3, -0.25) is 4.79 Å². The van der Waals surface area contributed by atoms with E-state index in [0.29, 0.717) is 23.8 Å². The van der Waals surface area contributed by atoms with Crippen molar-refractivity contribution in [3.05, 3.63) is 76.1 Å². The minimum Gasteiger partial charge on any atom is -0.484 e. The van der Waals surface area contributed by atoms with Gasteiger partial charge in [0.2, 0.25) is 0 Å². The van der Waals surface area contributed by atoms with E-state index < -0.39 is 5.63 Å². The summed E-state index contributed by atoms with van der Waals surface area (Å²) in [6.45, 7) is 0.544. The lowest BCUT2D eigenvalue weighted by molar-refractivity contribution is -0.123. The van der Waals surface area contributed by atoms with E-state index in [0.717, 1.165) is 24.6 Å². The number of aryl methyl sites for hydroxylation is 1. The molecule has 1 aliphatic rings. The standard InChI is InChI=1S/C22H21NO4/c24-21(23-13-17-6-3-5-15-4-1-2-7-19(15)17)14-26-18-10-8-16-9-11-22(25)27-20(16)12-18/h1-2,4,7-12,17H,3,5-6,13-14H2,(H,23,24). The Morgan fingerprint density at radius 1 is 1.15 bits per heavy atom. The monoisotopic (exact) mass is 363 g/mol. The molecule has 1 aliphatic carbocycles. The van der Waals surface area contributed by atoms with E-state index in [9.17, 15) is 9.59 Å². The Kier molecular flexibility index (Phi) is 4.92. The number of ether oxygens (including phenoxy) is 1. The van der Waals surface area contributed by atoms with Gasteiger partial charge in [-0.05, 0) is 48.6 Å². The number of hydrogen-bond donors (Lipinski definition) is 1. The van der Waals surface area contributed by atoms with E-state index in [1.165, 1.54) is 17.2 Å². The number of rotatable bonds is 5. The zero-order chi connectivity index (χ0) is 18.6. The van der Waals surface area contributed by atoms with Crippen LogP contribution in [0.5, 0.6) is 5.75 Å². The zero-order valence-electron chi connectivity index (χ0n) is 14.9. The molecule has 0 saturated heterocycles. The highest BCUT2D eigenvalue weighted by molar-refractivity contribution is 5.79. The summed E-state index contributed by atoms with van der Waals surface area (Å²) >= 11 is 0. The Balaban J connectivity index is 1.33. The predicted molar refractivity (Wildman–Crippen MR) is 103 cm³/mol. The highest BCUT2D eigenvalue weighted by Crippen LogP contribution is 2.30. The molecule has 0 aliphatic heterocycles. The number of carbonyl (C=O) groups excluding carboxylic acids is 1. The molecule has 2 aromatic carbocycles. The number of benzene rings is 2. The van der Waals surface area contributed by atoms with Crippen LogP contribution in [0.4, 0.5) is 0 Å². The first-order chi connectivity index (χ1) is 13.2. The maximum Gasteiger partial charge on any atom is 0.336 e. The number of carbonyl (C=O) groups is 1. The van der Waals surface area contributed by atoms with Crippen LogP contribution < -0.4 is 15.7 Å². The number of amides is 1. The molecular formula is C22H21NO4. The second kappa shape index (κ2) is 7.66. The molecule has 1 heterocycles. The molecule has 5 nitrogen and oxygen atoms in total. The second-order valence-corrected chi connectivity index (χ2v) is 6.83. The van der Waals surface area contributed by atoms with Gasteiger partial charge in [0.15, 0.2) is 6.61 Å². The van der Waals surface area contributed by atoms with Crippen LogP contribution in [0.15, 0.2) is 63.8 Å². The van der Waals surface area contributed by atoms with Gasteiger partial charge in [0.1, 0.15) is 11.3 Å². The summed E-state index contributed by atoms with van der Waals surface area (Å²) in [4.78, 5) is 23.5. The van der Waals surface area contributed by atoms with Crippen LogP contribution in [0.2, 0.25) is 0 Å². The van der Waals surface area contributed by atoms with Crippen LogP contribution in [0.3, 0.4) is 0 Å². The average molecular weight is 363 g/mol. The summed E-state index contributed by atoms with van der Waals surface area (Å²) in [6, 6.07) is 16.7. The first kappa shape index (κ1) is 17.3. The fourth-order valence-corrected chi connectivity index (χ4v) is 3.63. The normalized spacial score (nSPS) is 15.9. The fraction of sp³-hybridized carbons (Fsp3) is 0.273. The zero-order valence-corrected chi connectivity index (χ0v) is 14.9. The molecular weight excluding hydrogens is 342 g/mol. The van der Waals surface area contributed by atoms with Gasteiger partial charge in [0.05, 0.1) is 0 Å². The minimum absolute atomic E-state index is 0.0725. The van der Waals surface area contributed by atoms with Gasteiger partial charge in [-0.1, -0.05) is 24.3 Å². The highest BCUT2D eigenvalue weighted by atomic mass is 16.5. The molecule has 27 heavy (non-hydrogen) atoms. The lowest BCUT2D eigenvalue weighted by Crippen LogP contribution is -2.33. The maximum absolute atomic E-state index is 12.2. The van der Waals surface area contributed by atoms with Crippen LogP contribution >= 0.6 is 0 Å². The number of hydrogen-bond acceptors (Lipinski definition) is 4. The van der Waals surface area contributed by atoms with Crippen LogP contribution in [-0.4, -0.2) is 19.1 Å². The van der Waals surface area contributed by atoms with Crippen molar-refractivity contribution in [3.8, 4) is 5.75 Å². The summed E-state index contributed by atoms with van der Waals surface area (Å²) in [6.07, 6.45) is 3.35. The molecule has 1 N–H and O–H groups in total. The van der Waals surface area contributed by atoms with Crippen molar-refractivity contribution in [1.29, 1.82) is 0 Å². The van der Waals surface area contributed by atoms with Crippen LogP contribution in [0.25, 0.3) is 11.0 Å². The van der Waals surface area contributed by atoms with Gasteiger partial charge in [-0.25, -0.2) is 4.79 Å². The molecule has 3 aromatic rings. The molecule has 4 rings (SSSR count). The Bertz CT molecular complexity index is 1020. The number of nitrogens with one attached hydrogen (secondary N) is 1. The Morgan fingerprint density at radius 3 is 2.93 bits per heavy atom. The molecule has 138 valence electrons. The number of fused-ring (bicyclic) bond motifs is 2. The molecule has 1 unspecified atom stereocenters. The molecule has 0 spiro atoms. The molecule has 0 fully saturated rings. The van der Waals surface area contributed by atoms with Crippen molar-refractivity contribution in [2.75, 3.05) is 13.2 Å². The summed E-state index contributed by atoms with van der Waals surface area (Å²) in [7, 11) is 0.